The summed E-state index contributed by atoms with van der Waals surface area (Å²) in [6.45, 7) is 1.81. The monoisotopic (exact) mass is 191 g/mol. The van der Waals surface area contributed by atoms with Gasteiger partial charge in [0.2, 0.25) is 0 Å². The first-order valence-electron chi connectivity index (χ1n) is 4.24. The van der Waals surface area contributed by atoms with E-state index in [0.29, 0.717) is 11.4 Å². The fourth-order valence-electron chi connectivity index (χ4n) is 1.22. The molecule has 0 aliphatic heterocycles. The summed E-state index contributed by atoms with van der Waals surface area (Å²) in [7, 11) is 0. The topological polar surface area (TPSA) is 43.8 Å². The number of halogens is 1. The molecule has 0 bridgehead atoms. The quantitative estimate of drug-likeness (QED) is 0.748. The molecular weight excluding hydrogens is 181 g/mol. The van der Waals surface area contributed by atoms with Gasteiger partial charge in [0.1, 0.15) is 5.82 Å². The third kappa shape index (κ3) is 1.46. The fraction of sp³-hybridized carbons (Fsp3) is 0.100. The molecule has 1 heterocycles. The molecule has 0 spiro atoms. The van der Waals surface area contributed by atoms with E-state index >= 15 is 0 Å². The lowest BCUT2D eigenvalue weighted by Crippen LogP contribution is -1.95. The van der Waals surface area contributed by atoms with Crippen LogP contribution in [0.3, 0.4) is 0 Å². The van der Waals surface area contributed by atoms with Crippen molar-refractivity contribution in [1.82, 2.24) is 9.78 Å². The van der Waals surface area contributed by atoms with Crippen LogP contribution in [0.5, 0.6) is 0 Å². The summed E-state index contributed by atoms with van der Waals surface area (Å²) in [5, 5.41) is 4.15. The molecule has 14 heavy (non-hydrogen) atoms. The van der Waals surface area contributed by atoms with E-state index < -0.39 is 0 Å². The minimum atomic E-state index is -0.283. The lowest BCUT2D eigenvalue weighted by atomic mass is 10.3. The maximum Gasteiger partial charge on any atom is 0.125 e. The van der Waals surface area contributed by atoms with E-state index in [9.17, 15) is 4.39 Å². The normalized spacial score (nSPS) is 10.4. The summed E-state index contributed by atoms with van der Waals surface area (Å²) in [5.41, 5.74) is 7.66. The Balaban J connectivity index is 2.49. The molecule has 0 saturated carbocycles. The molecule has 1 aromatic carbocycles. The number of hydrogen-bond acceptors (Lipinski definition) is 2. The Hall–Kier alpha value is -1.84. The van der Waals surface area contributed by atoms with E-state index in [-0.39, 0.29) is 5.82 Å². The largest absolute Gasteiger partial charge is 0.396 e. The van der Waals surface area contributed by atoms with Crippen molar-refractivity contribution < 1.29 is 4.39 Å². The molecular formula is C10H10FN3. The van der Waals surface area contributed by atoms with Gasteiger partial charge in [0.15, 0.2) is 0 Å². The zero-order valence-corrected chi connectivity index (χ0v) is 7.74. The second-order valence-electron chi connectivity index (χ2n) is 3.09. The van der Waals surface area contributed by atoms with Gasteiger partial charge in [0.25, 0.3) is 0 Å². The highest BCUT2D eigenvalue weighted by atomic mass is 19.1. The van der Waals surface area contributed by atoms with Crippen molar-refractivity contribution in [2.24, 2.45) is 0 Å². The van der Waals surface area contributed by atoms with Crippen molar-refractivity contribution >= 4 is 5.69 Å². The van der Waals surface area contributed by atoms with Gasteiger partial charge >= 0.3 is 0 Å². The Morgan fingerprint density at radius 3 is 2.79 bits per heavy atom. The highest BCUT2D eigenvalue weighted by Gasteiger charge is 2.03. The van der Waals surface area contributed by atoms with Gasteiger partial charge in [-0.25, -0.2) is 9.07 Å². The molecule has 0 aliphatic rings. The average Bonchev–Trinajstić information content (AvgIpc) is 2.47. The van der Waals surface area contributed by atoms with Crippen LogP contribution in [0.4, 0.5) is 10.1 Å². The van der Waals surface area contributed by atoms with Crippen molar-refractivity contribution in [3.8, 4) is 5.69 Å². The Labute approximate surface area is 81.0 Å². The van der Waals surface area contributed by atoms with Crippen LogP contribution in [0.25, 0.3) is 5.69 Å². The Bertz CT molecular complexity index is 443. The zero-order chi connectivity index (χ0) is 10.1. The summed E-state index contributed by atoms with van der Waals surface area (Å²) in [4.78, 5) is 0. The van der Waals surface area contributed by atoms with Gasteiger partial charge in [-0.2, -0.15) is 5.10 Å². The first kappa shape index (κ1) is 8.74. The number of rotatable bonds is 1. The predicted octanol–water partition coefficient (Wildman–Crippen LogP) is 1.90. The van der Waals surface area contributed by atoms with Crippen LogP contribution in [-0.2, 0) is 0 Å². The van der Waals surface area contributed by atoms with E-state index in [4.69, 9.17) is 5.73 Å². The molecule has 1 aromatic heterocycles. The maximum absolute atomic E-state index is 12.9. The Kier molecular flexibility index (Phi) is 1.96. The minimum absolute atomic E-state index is 0.283. The molecule has 3 nitrogen and oxygen atoms in total. The summed E-state index contributed by atoms with van der Waals surface area (Å²) >= 11 is 0. The number of anilines is 1. The number of hydrogen-bond donors (Lipinski definition) is 1. The third-order valence-corrected chi connectivity index (χ3v) is 2.01. The van der Waals surface area contributed by atoms with Crippen LogP contribution >= 0.6 is 0 Å². The standard InChI is InChI=1S/C10H10FN3/c1-7-10(12)6-14(13-7)9-4-2-3-8(11)5-9/h2-6H,12H2,1H3. The molecule has 0 atom stereocenters. The molecule has 0 fully saturated rings. The maximum atomic E-state index is 12.9. The van der Waals surface area contributed by atoms with Crippen LogP contribution < -0.4 is 5.73 Å². The van der Waals surface area contributed by atoms with Gasteiger partial charge in [-0.15, -0.1) is 0 Å². The number of aryl methyl sites for hydroxylation is 1. The third-order valence-electron chi connectivity index (χ3n) is 2.01. The molecule has 2 aromatic rings. The zero-order valence-electron chi connectivity index (χ0n) is 7.74. The van der Waals surface area contributed by atoms with Crippen LogP contribution in [0.1, 0.15) is 5.69 Å². The summed E-state index contributed by atoms with van der Waals surface area (Å²) in [6, 6.07) is 6.21. The molecule has 0 amide bonds. The summed E-state index contributed by atoms with van der Waals surface area (Å²) in [5.74, 6) is -0.283. The van der Waals surface area contributed by atoms with Crippen LogP contribution in [-0.4, -0.2) is 9.78 Å². The number of benzene rings is 1. The fourth-order valence-corrected chi connectivity index (χ4v) is 1.22. The highest BCUT2D eigenvalue weighted by Crippen LogP contribution is 2.13. The van der Waals surface area contributed by atoms with Crippen molar-refractivity contribution in [3.05, 3.63) is 42.0 Å². The first-order valence-corrected chi connectivity index (χ1v) is 4.24. The van der Waals surface area contributed by atoms with E-state index in [1.165, 1.54) is 12.1 Å². The number of nitrogens with two attached hydrogens (primary N) is 1. The van der Waals surface area contributed by atoms with E-state index in [2.05, 4.69) is 5.10 Å². The van der Waals surface area contributed by atoms with E-state index in [1.54, 1.807) is 23.0 Å². The molecule has 4 heteroatoms. The van der Waals surface area contributed by atoms with Crippen LogP contribution in [0, 0.1) is 12.7 Å². The van der Waals surface area contributed by atoms with E-state index in [1.807, 2.05) is 6.92 Å². The molecule has 0 aliphatic carbocycles. The van der Waals surface area contributed by atoms with Gasteiger partial charge in [0.05, 0.1) is 23.3 Å². The highest BCUT2D eigenvalue weighted by molar-refractivity contribution is 5.43. The summed E-state index contributed by atoms with van der Waals surface area (Å²) < 4.78 is 14.5. The molecule has 2 N–H and O–H groups in total. The number of nitrogens with zero attached hydrogens (tertiary/aromatic N) is 2. The summed E-state index contributed by atoms with van der Waals surface area (Å²) in [6.07, 6.45) is 1.67. The van der Waals surface area contributed by atoms with Crippen LogP contribution in [0.2, 0.25) is 0 Å². The second-order valence-corrected chi connectivity index (χ2v) is 3.09. The molecule has 2 rings (SSSR count). The van der Waals surface area contributed by atoms with Crippen molar-refractivity contribution in [3.63, 3.8) is 0 Å². The number of aromatic nitrogens is 2. The lowest BCUT2D eigenvalue weighted by Gasteiger charge is -1.99. The lowest BCUT2D eigenvalue weighted by molar-refractivity contribution is 0.625. The van der Waals surface area contributed by atoms with Gasteiger partial charge < -0.3 is 5.73 Å². The molecule has 0 unspecified atom stereocenters. The molecule has 0 saturated heterocycles. The Morgan fingerprint density at radius 1 is 1.43 bits per heavy atom. The second kappa shape index (κ2) is 3.14. The van der Waals surface area contributed by atoms with Crippen molar-refractivity contribution in [2.75, 3.05) is 5.73 Å². The molecule has 72 valence electrons. The molecule has 0 radical (unpaired) electrons. The first-order chi connectivity index (χ1) is 6.66. The van der Waals surface area contributed by atoms with Gasteiger partial charge in [-0.1, -0.05) is 6.07 Å². The van der Waals surface area contributed by atoms with Gasteiger partial charge in [0, 0.05) is 0 Å². The SMILES string of the molecule is Cc1nn(-c2cccc(F)c2)cc1N. The smallest absolute Gasteiger partial charge is 0.125 e. The van der Waals surface area contributed by atoms with Crippen molar-refractivity contribution in [2.45, 2.75) is 6.92 Å². The van der Waals surface area contributed by atoms with Gasteiger partial charge in [-0.3, -0.25) is 0 Å². The average molecular weight is 191 g/mol. The number of nitrogen functional groups attached to an aromatic ring is 1. The van der Waals surface area contributed by atoms with E-state index in [0.717, 1.165) is 5.69 Å². The van der Waals surface area contributed by atoms with Crippen LogP contribution in [0.15, 0.2) is 30.5 Å². The Morgan fingerprint density at radius 2 is 2.21 bits per heavy atom. The van der Waals surface area contributed by atoms with Gasteiger partial charge in [-0.05, 0) is 25.1 Å². The minimum Gasteiger partial charge on any atom is -0.396 e. The van der Waals surface area contributed by atoms with Crippen molar-refractivity contribution in [1.29, 1.82) is 0 Å². The predicted molar refractivity (Wildman–Crippen MR) is 52.7 cm³/mol.